The van der Waals surface area contributed by atoms with Gasteiger partial charge in [-0.3, -0.25) is 9.59 Å². The molecule has 0 aliphatic heterocycles. The molecule has 0 radical (unpaired) electrons. The molecule has 0 atom stereocenters. The number of hydrogen-bond acceptors (Lipinski definition) is 7. The molecule has 0 bridgehead atoms. The summed E-state index contributed by atoms with van der Waals surface area (Å²) in [5, 5.41) is 37.3. The van der Waals surface area contributed by atoms with Gasteiger partial charge in [0.25, 0.3) is 0 Å². The summed E-state index contributed by atoms with van der Waals surface area (Å²) in [5.41, 5.74) is 0. The topological polar surface area (TPSA) is 155 Å². The maximum Gasteiger partial charge on any atom is 1.00 e. The van der Waals surface area contributed by atoms with Crippen molar-refractivity contribution in [2.75, 3.05) is 48.4 Å². The second kappa shape index (κ2) is 24.9. The van der Waals surface area contributed by atoms with Crippen LogP contribution in [0.5, 0.6) is 0 Å². The van der Waals surface area contributed by atoms with Gasteiger partial charge in [0.15, 0.2) is 6.54 Å². The summed E-state index contributed by atoms with van der Waals surface area (Å²) >= 11 is 0. The average molecular weight is 334 g/mol. The number of hydrazine groups is 1. The number of aliphatic hydroxyl groups is 1. The summed E-state index contributed by atoms with van der Waals surface area (Å²) in [5.74, 6) is -0.348. The van der Waals surface area contributed by atoms with Crippen molar-refractivity contribution in [2.24, 2.45) is 5.28 Å². The second-order valence-corrected chi connectivity index (χ2v) is 3.03. The fraction of sp³-hybridized carbons (Fsp3) is 0.800. The number of likely N-dealkylation sites (N-methyl/N-ethyl adjacent to an activating group) is 4. The Bertz CT molecular complexity index is 293. The van der Waals surface area contributed by atoms with E-state index in [1.807, 2.05) is 5.28 Å². The van der Waals surface area contributed by atoms with E-state index in [1.165, 1.54) is 14.1 Å². The minimum atomic E-state index is -0.364. The van der Waals surface area contributed by atoms with Crippen molar-refractivity contribution in [1.29, 1.82) is 0 Å². The summed E-state index contributed by atoms with van der Waals surface area (Å²) in [6, 6.07) is 0. The van der Waals surface area contributed by atoms with Crippen LogP contribution in [0.15, 0.2) is 5.28 Å². The molecule has 0 fully saturated rings. The number of aliphatic hydroxyl groups excluding tert-OH is 1. The van der Waals surface area contributed by atoms with Crippen LogP contribution in [0.4, 0.5) is 0 Å². The molecule has 2 amide bonds. The maximum atomic E-state index is 10.6. The molecule has 0 aliphatic rings. The molecule has 12 heteroatoms. The quantitative estimate of drug-likeness (QED) is 0.170. The Kier molecular flexibility index (Phi) is 36.9. The normalized spacial score (nSPS) is 8.36. The zero-order chi connectivity index (χ0) is 16.6. The van der Waals surface area contributed by atoms with Crippen molar-refractivity contribution in [3.05, 3.63) is 10.4 Å². The van der Waals surface area contributed by atoms with Crippen molar-refractivity contribution in [1.82, 2.24) is 21.0 Å². The fourth-order valence-corrected chi connectivity index (χ4v) is 0.659. The van der Waals surface area contributed by atoms with Crippen LogP contribution >= 0.6 is 0 Å². The van der Waals surface area contributed by atoms with E-state index in [0.29, 0.717) is 6.54 Å². The molecule has 0 spiro atoms. The molecule has 4 N–H and O–H groups in total. The third kappa shape index (κ3) is 23.9. The molecule has 0 rings (SSSR count). The zero-order valence-electron chi connectivity index (χ0n) is 13.3. The molecule has 11 nitrogen and oxygen atoms in total. The van der Waals surface area contributed by atoms with Crippen molar-refractivity contribution in [2.45, 2.75) is 7.43 Å². The number of nitrogens with zero attached hydrogens (tertiary/aromatic N) is 3. The van der Waals surface area contributed by atoms with Crippen LogP contribution in [0.3, 0.4) is 0 Å². The number of amides is 2. The van der Waals surface area contributed by atoms with Crippen LogP contribution in [0.1, 0.15) is 7.43 Å². The monoisotopic (exact) mass is 334 g/mol. The van der Waals surface area contributed by atoms with Gasteiger partial charge in [-0.15, -0.1) is 5.01 Å². The summed E-state index contributed by atoms with van der Waals surface area (Å²) in [6.45, 7) is 0.211. The maximum absolute atomic E-state index is 10.6. The molecule has 0 aromatic carbocycles. The van der Waals surface area contributed by atoms with Gasteiger partial charge < -0.3 is 31.5 Å². The molecular weight excluding hydrogens is 307 g/mol. The predicted molar refractivity (Wildman–Crippen MR) is 79.0 cm³/mol. The Hall–Kier alpha value is -1.14. The van der Waals surface area contributed by atoms with E-state index in [2.05, 4.69) is 16.0 Å². The molecule has 128 valence electrons. The van der Waals surface area contributed by atoms with Gasteiger partial charge in [-0.25, -0.2) is 0 Å². The van der Waals surface area contributed by atoms with E-state index < -0.39 is 0 Å². The Balaban J connectivity index is -0.0000000770. The first-order valence-electron chi connectivity index (χ1n) is 5.44. The molecule has 0 aliphatic carbocycles. The number of nitrogens with one attached hydrogen (secondary N) is 3. The Morgan fingerprint density at radius 1 is 1.18 bits per heavy atom. The van der Waals surface area contributed by atoms with Crippen LogP contribution in [-0.4, -0.2) is 75.3 Å². The van der Waals surface area contributed by atoms with E-state index >= 15 is 0 Å². The number of rotatable bonds is 5. The Labute approximate surface area is 153 Å². The predicted octanol–water partition coefficient (Wildman–Crippen LogP) is -4.76. The first-order valence-corrected chi connectivity index (χ1v) is 5.44. The largest absolute Gasteiger partial charge is 1.00 e. The van der Waals surface area contributed by atoms with Crippen molar-refractivity contribution in [3.8, 4) is 0 Å². The molecule has 0 aromatic rings. The number of hydrogen-bond donors (Lipinski definition) is 4. The van der Waals surface area contributed by atoms with Gasteiger partial charge in [-0.2, -0.15) is 0 Å². The molecule has 0 unspecified atom stereocenters. The number of carbonyl (C=O) groups excluding carboxylic acids is 2. The van der Waals surface area contributed by atoms with E-state index in [0.717, 1.165) is 12.1 Å². The van der Waals surface area contributed by atoms with Gasteiger partial charge in [0.2, 0.25) is 11.8 Å². The Morgan fingerprint density at radius 2 is 1.59 bits per heavy atom. The van der Waals surface area contributed by atoms with Gasteiger partial charge in [-0.05, 0) is 12.3 Å². The molecule has 0 saturated heterocycles. The minimum absolute atomic E-state index is 0. The van der Waals surface area contributed by atoms with Crippen LogP contribution in [0, 0.1) is 10.4 Å². The molecule has 22 heavy (non-hydrogen) atoms. The molecule has 0 saturated carbocycles. The summed E-state index contributed by atoms with van der Waals surface area (Å²) in [7, 11) is 7.05. The van der Waals surface area contributed by atoms with E-state index in [4.69, 9.17) is 5.11 Å². The first kappa shape index (κ1) is 32.7. The third-order valence-electron chi connectivity index (χ3n) is 1.63. The standard InChI is InChI=1S/C4H10N4O3.C4H10N2O.CH4O.CH4.Na/c1-5-4(9)3-7(2)8(11)6-10;1-5-3-4(7)6-2;1-2;;/h10H,3H2,1-2H3,(H,5,9);5H,3H2,1-2H3,(H,6,7);2H,1H3;1H4;/q;;;;+1/p-1/b8-6-;;;;. The molecule has 0 aromatic heterocycles. The summed E-state index contributed by atoms with van der Waals surface area (Å²) in [6.07, 6.45) is 0. The Morgan fingerprint density at radius 3 is 1.82 bits per heavy atom. The smallest absolute Gasteiger partial charge is 0.737 e. The van der Waals surface area contributed by atoms with Gasteiger partial charge in [0, 0.05) is 26.2 Å². The van der Waals surface area contributed by atoms with Gasteiger partial charge >= 0.3 is 29.6 Å². The van der Waals surface area contributed by atoms with Crippen LogP contribution in [-0.2, 0) is 9.59 Å². The van der Waals surface area contributed by atoms with E-state index in [1.54, 1.807) is 14.1 Å². The van der Waals surface area contributed by atoms with Gasteiger partial charge in [0.05, 0.1) is 13.6 Å². The van der Waals surface area contributed by atoms with Crippen molar-refractivity contribution < 1.29 is 49.2 Å². The first-order chi connectivity index (χ1) is 9.42. The van der Waals surface area contributed by atoms with Crippen LogP contribution < -0.4 is 45.5 Å². The van der Waals surface area contributed by atoms with E-state index in [-0.39, 0.29) is 60.3 Å². The van der Waals surface area contributed by atoms with Gasteiger partial charge in [0.1, 0.15) is 0 Å². The fourth-order valence-electron chi connectivity index (χ4n) is 0.659. The average Bonchev–Trinajstić information content (AvgIpc) is 2.48. The van der Waals surface area contributed by atoms with Crippen molar-refractivity contribution >= 4 is 11.8 Å². The third-order valence-corrected chi connectivity index (χ3v) is 1.63. The van der Waals surface area contributed by atoms with Crippen LogP contribution in [0.25, 0.3) is 0 Å². The molecule has 0 heterocycles. The zero-order valence-corrected chi connectivity index (χ0v) is 15.3. The van der Waals surface area contributed by atoms with Crippen molar-refractivity contribution in [3.63, 3.8) is 0 Å². The summed E-state index contributed by atoms with van der Waals surface area (Å²) in [4.78, 5) is 20.6. The SMILES string of the molecule is C.CNC(=O)CN(C)/[N+]([O-])=N/[O-].CNCC(=O)NC.CO.[Na+]. The van der Waals surface area contributed by atoms with Gasteiger partial charge in [-0.1, -0.05) is 7.43 Å². The number of carbonyl (C=O) groups is 2. The van der Waals surface area contributed by atoms with E-state index in [9.17, 15) is 20.0 Å². The summed E-state index contributed by atoms with van der Waals surface area (Å²) < 4.78 is 0. The minimum Gasteiger partial charge on any atom is -0.737 e. The van der Waals surface area contributed by atoms with Crippen LogP contribution in [0.2, 0.25) is 0 Å². The second-order valence-electron chi connectivity index (χ2n) is 3.03. The molecular formula is C10H27N6NaO5.